The molecule has 2 rings (SSSR count). The molecule has 0 aliphatic carbocycles. The molecule has 0 saturated carbocycles. The number of ketones is 1. The van der Waals surface area contributed by atoms with Crippen molar-refractivity contribution >= 4 is 5.78 Å². The molecule has 0 N–H and O–H groups in total. The summed E-state index contributed by atoms with van der Waals surface area (Å²) < 4.78 is 10.5. The molecule has 0 saturated heterocycles. The second-order valence-electron chi connectivity index (χ2n) is 3.87. The van der Waals surface area contributed by atoms with Crippen LogP contribution < -0.4 is 9.47 Å². The van der Waals surface area contributed by atoms with Crippen LogP contribution in [-0.2, 0) is 0 Å². The van der Waals surface area contributed by atoms with Gasteiger partial charge in [-0.15, -0.1) is 0 Å². The number of methoxy groups -OCH3 is 1. The highest BCUT2D eigenvalue weighted by Gasteiger charge is 2.14. The largest absolute Gasteiger partial charge is 0.496 e. The molecule has 0 aliphatic heterocycles. The topological polar surface area (TPSA) is 48.4 Å². The standard InChI is InChI=1S/C15H15NO3/c1-3-19-12-8-11(9-16-10-12)15(17)13-6-4-5-7-14(13)18-2/h4-10H,3H2,1-2H3. The van der Waals surface area contributed by atoms with Crippen molar-refractivity contribution in [3.05, 3.63) is 53.9 Å². The highest BCUT2D eigenvalue weighted by molar-refractivity contribution is 6.10. The van der Waals surface area contributed by atoms with Crippen molar-refractivity contribution in [2.24, 2.45) is 0 Å². The maximum Gasteiger partial charge on any atom is 0.198 e. The predicted molar refractivity (Wildman–Crippen MR) is 71.8 cm³/mol. The van der Waals surface area contributed by atoms with Gasteiger partial charge in [0.25, 0.3) is 0 Å². The van der Waals surface area contributed by atoms with Gasteiger partial charge in [0.05, 0.1) is 25.5 Å². The maximum absolute atomic E-state index is 12.4. The van der Waals surface area contributed by atoms with Crippen molar-refractivity contribution in [3.63, 3.8) is 0 Å². The minimum absolute atomic E-state index is 0.133. The van der Waals surface area contributed by atoms with Crippen molar-refractivity contribution in [2.45, 2.75) is 6.92 Å². The Labute approximate surface area is 112 Å². The summed E-state index contributed by atoms with van der Waals surface area (Å²) in [4.78, 5) is 16.4. The van der Waals surface area contributed by atoms with Gasteiger partial charge in [0, 0.05) is 11.8 Å². The molecule has 0 fully saturated rings. The lowest BCUT2D eigenvalue weighted by Crippen LogP contribution is -2.05. The molecule has 0 atom stereocenters. The molecule has 1 heterocycles. The smallest absolute Gasteiger partial charge is 0.198 e. The number of rotatable bonds is 5. The number of hydrogen-bond acceptors (Lipinski definition) is 4. The van der Waals surface area contributed by atoms with E-state index in [1.807, 2.05) is 13.0 Å². The normalized spacial score (nSPS) is 10.0. The molecule has 4 heteroatoms. The van der Waals surface area contributed by atoms with Crippen molar-refractivity contribution in [3.8, 4) is 11.5 Å². The zero-order valence-electron chi connectivity index (χ0n) is 10.9. The van der Waals surface area contributed by atoms with E-state index < -0.39 is 0 Å². The van der Waals surface area contributed by atoms with Gasteiger partial charge < -0.3 is 9.47 Å². The summed E-state index contributed by atoms with van der Waals surface area (Å²) in [5.74, 6) is 1.00. The highest BCUT2D eigenvalue weighted by Crippen LogP contribution is 2.22. The van der Waals surface area contributed by atoms with E-state index in [1.165, 1.54) is 6.20 Å². The van der Waals surface area contributed by atoms with Crippen molar-refractivity contribution in [1.29, 1.82) is 0 Å². The van der Waals surface area contributed by atoms with E-state index in [4.69, 9.17) is 9.47 Å². The van der Waals surface area contributed by atoms with Gasteiger partial charge >= 0.3 is 0 Å². The number of para-hydroxylation sites is 1. The number of pyridine rings is 1. The monoisotopic (exact) mass is 257 g/mol. The molecule has 4 nitrogen and oxygen atoms in total. The predicted octanol–water partition coefficient (Wildman–Crippen LogP) is 2.72. The molecule has 0 spiro atoms. The first-order valence-corrected chi connectivity index (χ1v) is 6.01. The zero-order valence-corrected chi connectivity index (χ0v) is 10.9. The lowest BCUT2D eigenvalue weighted by Gasteiger charge is -2.08. The Hall–Kier alpha value is -2.36. The SMILES string of the molecule is CCOc1cncc(C(=O)c2ccccc2OC)c1. The molecule has 1 aromatic heterocycles. The molecule has 1 aromatic carbocycles. The summed E-state index contributed by atoms with van der Waals surface area (Å²) in [5.41, 5.74) is 0.996. The lowest BCUT2D eigenvalue weighted by molar-refractivity contribution is 0.103. The van der Waals surface area contributed by atoms with Crippen LogP contribution in [0.15, 0.2) is 42.7 Å². The number of aromatic nitrogens is 1. The van der Waals surface area contributed by atoms with Crippen LogP contribution in [-0.4, -0.2) is 24.5 Å². The van der Waals surface area contributed by atoms with Crippen molar-refractivity contribution in [1.82, 2.24) is 4.98 Å². The first kappa shape index (κ1) is 13.1. The van der Waals surface area contributed by atoms with Crippen LogP contribution in [0, 0.1) is 0 Å². The van der Waals surface area contributed by atoms with Crippen molar-refractivity contribution in [2.75, 3.05) is 13.7 Å². The zero-order chi connectivity index (χ0) is 13.7. The van der Waals surface area contributed by atoms with Crippen LogP contribution in [0.4, 0.5) is 0 Å². The van der Waals surface area contributed by atoms with Crippen LogP contribution in [0.2, 0.25) is 0 Å². The summed E-state index contributed by atoms with van der Waals surface area (Å²) >= 11 is 0. The van der Waals surface area contributed by atoms with Gasteiger partial charge in [-0.1, -0.05) is 12.1 Å². The first-order chi connectivity index (χ1) is 9.26. The second kappa shape index (κ2) is 6.00. The summed E-state index contributed by atoms with van der Waals surface area (Å²) in [5, 5.41) is 0. The van der Waals surface area contributed by atoms with Crippen LogP contribution in [0.5, 0.6) is 11.5 Å². The third-order valence-electron chi connectivity index (χ3n) is 2.64. The van der Waals surface area contributed by atoms with Crippen LogP contribution >= 0.6 is 0 Å². The quantitative estimate of drug-likeness (QED) is 0.773. The van der Waals surface area contributed by atoms with Gasteiger partial charge in [0.1, 0.15) is 11.5 Å². The average molecular weight is 257 g/mol. The van der Waals surface area contributed by atoms with E-state index in [1.54, 1.807) is 37.6 Å². The molecular weight excluding hydrogens is 242 g/mol. The number of benzene rings is 1. The van der Waals surface area contributed by atoms with Crippen molar-refractivity contribution < 1.29 is 14.3 Å². The Balaban J connectivity index is 2.35. The number of hydrogen-bond donors (Lipinski definition) is 0. The van der Waals surface area contributed by atoms with Crippen LogP contribution in [0.3, 0.4) is 0 Å². The number of carbonyl (C=O) groups excluding carboxylic acids is 1. The molecular formula is C15H15NO3. The number of ether oxygens (including phenoxy) is 2. The highest BCUT2D eigenvalue weighted by atomic mass is 16.5. The van der Waals surface area contributed by atoms with Gasteiger partial charge in [-0.25, -0.2) is 0 Å². The van der Waals surface area contributed by atoms with Gasteiger partial charge in [-0.05, 0) is 25.1 Å². The molecule has 0 radical (unpaired) electrons. The number of nitrogens with zero attached hydrogens (tertiary/aromatic N) is 1. The third-order valence-corrected chi connectivity index (χ3v) is 2.64. The first-order valence-electron chi connectivity index (χ1n) is 6.01. The Morgan fingerprint density at radius 1 is 1.26 bits per heavy atom. The molecule has 0 amide bonds. The fourth-order valence-corrected chi connectivity index (χ4v) is 1.78. The Bertz CT molecular complexity index is 581. The lowest BCUT2D eigenvalue weighted by atomic mass is 10.0. The Kier molecular flexibility index (Phi) is 4.13. The van der Waals surface area contributed by atoms with Gasteiger partial charge in [-0.3, -0.25) is 9.78 Å². The molecule has 0 bridgehead atoms. The third kappa shape index (κ3) is 2.91. The van der Waals surface area contributed by atoms with E-state index in [9.17, 15) is 4.79 Å². The number of carbonyl (C=O) groups is 1. The van der Waals surface area contributed by atoms with Crippen LogP contribution in [0.1, 0.15) is 22.8 Å². The summed E-state index contributed by atoms with van der Waals surface area (Å²) in [6, 6.07) is 8.80. The summed E-state index contributed by atoms with van der Waals surface area (Å²) in [6.45, 7) is 2.42. The van der Waals surface area contributed by atoms with Crippen LogP contribution in [0.25, 0.3) is 0 Å². The summed E-state index contributed by atoms with van der Waals surface area (Å²) in [6.07, 6.45) is 3.11. The molecule has 2 aromatic rings. The van der Waals surface area contributed by atoms with E-state index >= 15 is 0 Å². The van der Waals surface area contributed by atoms with Gasteiger partial charge in [0.2, 0.25) is 0 Å². The van der Waals surface area contributed by atoms with E-state index in [-0.39, 0.29) is 5.78 Å². The Morgan fingerprint density at radius 2 is 2.05 bits per heavy atom. The van der Waals surface area contributed by atoms with E-state index in [0.29, 0.717) is 29.2 Å². The minimum atomic E-state index is -0.133. The molecule has 19 heavy (non-hydrogen) atoms. The maximum atomic E-state index is 12.4. The molecule has 98 valence electrons. The minimum Gasteiger partial charge on any atom is -0.496 e. The fourth-order valence-electron chi connectivity index (χ4n) is 1.78. The molecule has 0 unspecified atom stereocenters. The summed E-state index contributed by atoms with van der Waals surface area (Å²) in [7, 11) is 1.54. The Morgan fingerprint density at radius 3 is 2.79 bits per heavy atom. The molecule has 0 aliphatic rings. The average Bonchev–Trinajstić information content (AvgIpc) is 2.47. The second-order valence-corrected chi connectivity index (χ2v) is 3.87. The fraction of sp³-hybridized carbons (Fsp3) is 0.200. The van der Waals surface area contributed by atoms with Gasteiger partial charge in [0.15, 0.2) is 5.78 Å². The van der Waals surface area contributed by atoms with E-state index in [2.05, 4.69) is 4.98 Å². The van der Waals surface area contributed by atoms with E-state index in [0.717, 1.165) is 0 Å². The van der Waals surface area contributed by atoms with Gasteiger partial charge in [-0.2, -0.15) is 0 Å².